The van der Waals surface area contributed by atoms with E-state index in [1.165, 1.54) is 25.6 Å². The molecular formula is C27H34N4O8S2. The third-order valence-corrected chi connectivity index (χ3v) is 7.76. The zero-order valence-corrected chi connectivity index (χ0v) is 25.2. The third kappa shape index (κ3) is 8.71. The summed E-state index contributed by atoms with van der Waals surface area (Å²) in [5.41, 5.74) is 2.10. The number of hydrogen-bond acceptors (Lipinski definition) is 10. The molecule has 0 radical (unpaired) electrons. The Hall–Kier alpha value is -3.56. The maximum absolute atomic E-state index is 13.9. The minimum absolute atomic E-state index is 0.0598. The van der Waals surface area contributed by atoms with Crippen molar-refractivity contribution in [2.45, 2.75) is 32.9 Å². The molecule has 222 valence electrons. The number of aromatic nitrogens is 1. The van der Waals surface area contributed by atoms with Crippen LogP contribution in [0.25, 0.3) is 0 Å². The van der Waals surface area contributed by atoms with Crippen LogP contribution in [0.15, 0.2) is 42.5 Å². The fourth-order valence-electron chi connectivity index (χ4n) is 4.14. The molecule has 1 heterocycles. The number of thiazole rings is 1. The molecule has 1 aromatic heterocycles. The van der Waals surface area contributed by atoms with Gasteiger partial charge in [0.2, 0.25) is 0 Å². The molecule has 3 rings (SSSR count). The quantitative estimate of drug-likeness (QED) is 0.249. The highest BCUT2D eigenvalue weighted by atomic mass is 32.2. The van der Waals surface area contributed by atoms with Crippen LogP contribution in [0.5, 0.6) is 11.5 Å². The first-order chi connectivity index (χ1) is 19.6. The van der Waals surface area contributed by atoms with Crippen LogP contribution in [0.4, 0.5) is 0 Å². The molecule has 0 aliphatic heterocycles. The lowest BCUT2D eigenvalue weighted by atomic mass is 10.1. The number of aryl methyl sites for hydroxylation is 2. The smallest absolute Gasteiger partial charge is 0.323 e. The third-order valence-electron chi connectivity index (χ3n) is 5.97. The molecule has 14 heteroatoms. The zero-order chi connectivity index (χ0) is 30.0. The van der Waals surface area contributed by atoms with Gasteiger partial charge in [0.1, 0.15) is 22.2 Å². The number of nitrogens with zero attached hydrogens (tertiary/aromatic N) is 2. The summed E-state index contributed by atoms with van der Waals surface area (Å²) in [5, 5.41) is 0.466. The van der Waals surface area contributed by atoms with Crippen LogP contribution in [-0.4, -0.2) is 65.1 Å². The van der Waals surface area contributed by atoms with Gasteiger partial charge < -0.3 is 19.1 Å². The Bertz CT molecular complexity index is 1420. The Morgan fingerprint density at radius 3 is 2.27 bits per heavy atom. The van der Waals surface area contributed by atoms with E-state index in [2.05, 4.69) is 9.82 Å². The summed E-state index contributed by atoms with van der Waals surface area (Å²) in [6, 6.07) is 13.2. The average Bonchev–Trinajstić information content (AvgIpc) is 3.32. The van der Waals surface area contributed by atoms with E-state index in [4.69, 9.17) is 14.2 Å². The van der Waals surface area contributed by atoms with E-state index in [0.717, 1.165) is 19.1 Å². The number of carbonyl (C=O) groups is 2. The summed E-state index contributed by atoms with van der Waals surface area (Å²) >= 11 is 1.20. The number of hydrogen-bond donors (Lipinski definition) is 2. The Morgan fingerprint density at radius 1 is 1.02 bits per heavy atom. The van der Waals surface area contributed by atoms with Crippen LogP contribution < -0.4 is 19.1 Å². The van der Waals surface area contributed by atoms with Gasteiger partial charge in [-0.25, -0.2) is 9.71 Å². The highest BCUT2D eigenvalue weighted by Crippen LogP contribution is 2.32. The number of benzene rings is 2. The predicted molar refractivity (Wildman–Crippen MR) is 153 cm³/mol. The molecule has 0 fully saturated rings. The Morgan fingerprint density at radius 2 is 1.68 bits per heavy atom. The highest BCUT2D eigenvalue weighted by Gasteiger charge is 2.25. The van der Waals surface area contributed by atoms with Crippen molar-refractivity contribution in [2.24, 2.45) is 0 Å². The molecule has 0 unspecified atom stereocenters. The van der Waals surface area contributed by atoms with Crippen molar-refractivity contribution in [3.05, 3.63) is 74.7 Å². The Balaban J connectivity index is 1.90. The van der Waals surface area contributed by atoms with Crippen LogP contribution in [0.1, 0.15) is 48.3 Å². The van der Waals surface area contributed by atoms with Gasteiger partial charge in [0.05, 0.1) is 40.0 Å². The van der Waals surface area contributed by atoms with E-state index in [0.29, 0.717) is 45.5 Å². The van der Waals surface area contributed by atoms with Crippen molar-refractivity contribution < 1.29 is 37.1 Å². The van der Waals surface area contributed by atoms with Crippen molar-refractivity contribution >= 4 is 33.4 Å². The first-order valence-electron chi connectivity index (χ1n) is 12.5. The van der Waals surface area contributed by atoms with Crippen molar-refractivity contribution in [1.29, 1.82) is 0 Å². The number of carbonyl (C=O) groups excluding carboxylic acids is 2. The summed E-state index contributed by atoms with van der Waals surface area (Å²) in [5.74, 6) is -0.300. The molecule has 2 amide bonds. The van der Waals surface area contributed by atoms with Crippen LogP contribution >= 0.6 is 11.3 Å². The lowest BCUT2D eigenvalue weighted by molar-refractivity contribution is 0.0740. The maximum atomic E-state index is 13.9. The van der Waals surface area contributed by atoms with E-state index in [-0.39, 0.29) is 24.8 Å². The molecule has 2 aromatic carbocycles. The minimum atomic E-state index is -4.22. The lowest BCUT2D eigenvalue weighted by Crippen LogP contribution is -2.40. The molecule has 0 saturated carbocycles. The van der Waals surface area contributed by atoms with Gasteiger partial charge in [-0.3, -0.25) is 14.4 Å². The van der Waals surface area contributed by atoms with Gasteiger partial charge in [-0.05, 0) is 37.5 Å². The van der Waals surface area contributed by atoms with Crippen LogP contribution in [-0.2, 0) is 39.4 Å². The fraction of sp³-hybridized carbons (Fsp3) is 0.370. The van der Waals surface area contributed by atoms with Gasteiger partial charge >= 0.3 is 10.2 Å². The molecule has 12 nitrogen and oxygen atoms in total. The molecule has 2 N–H and O–H groups in total. The Labute approximate surface area is 243 Å². The molecule has 0 aliphatic rings. The first-order valence-corrected chi connectivity index (χ1v) is 14.8. The normalized spacial score (nSPS) is 11.2. The number of nitrogens with one attached hydrogen (secondary N) is 2. The predicted octanol–water partition coefficient (Wildman–Crippen LogP) is 3.02. The van der Waals surface area contributed by atoms with Crippen LogP contribution in [0.2, 0.25) is 0 Å². The van der Waals surface area contributed by atoms with Crippen molar-refractivity contribution in [3.63, 3.8) is 0 Å². The van der Waals surface area contributed by atoms with E-state index in [1.807, 2.05) is 35.1 Å². The van der Waals surface area contributed by atoms with Gasteiger partial charge in [-0.1, -0.05) is 35.2 Å². The van der Waals surface area contributed by atoms with E-state index in [9.17, 15) is 18.0 Å². The van der Waals surface area contributed by atoms with Crippen LogP contribution in [0.3, 0.4) is 0 Å². The SMILES string of the molecule is COCc1c(OC)cc(C(=O)N(CCCc2ccccc2)Cc2nc(C(=O)NS(=O)(=O)NOC)c(C)s2)cc1OC. The van der Waals surface area contributed by atoms with E-state index >= 15 is 0 Å². The van der Waals surface area contributed by atoms with Gasteiger partial charge in [-0.2, -0.15) is 8.42 Å². The van der Waals surface area contributed by atoms with Gasteiger partial charge in [0, 0.05) is 24.1 Å². The fourth-order valence-corrected chi connectivity index (χ4v) is 5.69. The monoisotopic (exact) mass is 606 g/mol. The maximum Gasteiger partial charge on any atom is 0.323 e. The average molecular weight is 607 g/mol. The number of ether oxygens (including phenoxy) is 3. The molecule has 0 atom stereocenters. The number of amides is 2. The molecule has 3 aromatic rings. The summed E-state index contributed by atoms with van der Waals surface area (Å²) in [4.78, 5) is 39.1. The highest BCUT2D eigenvalue weighted by molar-refractivity contribution is 7.88. The second kappa shape index (κ2) is 14.9. The van der Waals surface area contributed by atoms with Crippen molar-refractivity contribution in [2.75, 3.05) is 35.0 Å². The Kier molecular flexibility index (Phi) is 11.6. The van der Waals surface area contributed by atoms with Crippen LogP contribution in [0, 0.1) is 6.92 Å². The second-order valence-electron chi connectivity index (χ2n) is 8.84. The second-order valence-corrected chi connectivity index (χ2v) is 11.5. The minimum Gasteiger partial charge on any atom is -0.496 e. The summed E-state index contributed by atoms with van der Waals surface area (Å²) < 4.78 is 41.9. The van der Waals surface area contributed by atoms with Gasteiger partial charge in [-0.15, -0.1) is 11.3 Å². The lowest BCUT2D eigenvalue weighted by Gasteiger charge is -2.23. The summed E-state index contributed by atoms with van der Waals surface area (Å²) in [6.07, 6.45) is 1.42. The summed E-state index contributed by atoms with van der Waals surface area (Å²) in [7, 11) is 1.45. The largest absolute Gasteiger partial charge is 0.496 e. The molecule has 0 bridgehead atoms. The first kappa shape index (κ1) is 32.0. The standard InChI is InChI=1S/C27H34N4O8S2/c1-18-25(26(32)29-41(34,35)30-39-5)28-24(40-18)16-31(13-9-12-19-10-7-6-8-11-19)27(33)20-14-22(37-3)21(17-36-2)23(15-20)38-4/h6-8,10-11,14-15,30H,9,12-13,16-17H2,1-5H3,(H,29,32). The van der Waals surface area contributed by atoms with E-state index in [1.54, 1.807) is 36.0 Å². The van der Waals surface area contributed by atoms with Crippen molar-refractivity contribution in [1.82, 2.24) is 19.5 Å². The van der Waals surface area contributed by atoms with Gasteiger partial charge in [0.15, 0.2) is 0 Å². The number of methoxy groups -OCH3 is 3. The molecule has 0 saturated heterocycles. The molecule has 41 heavy (non-hydrogen) atoms. The van der Waals surface area contributed by atoms with Gasteiger partial charge in [0.25, 0.3) is 11.8 Å². The van der Waals surface area contributed by atoms with E-state index < -0.39 is 16.1 Å². The summed E-state index contributed by atoms with van der Waals surface area (Å²) in [6.45, 7) is 2.38. The number of rotatable bonds is 15. The molecule has 0 aliphatic carbocycles. The zero-order valence-electron chi connectivity index (χ0n) is 23.6. The van der Waals surface area contributed by atoms with Crippen molar-refractivity contribution in [3.8, 4) is 11.5 Å². The molecular weight excluding hydrogens is 572 g/mol. The topological polar surface area (TPSA) is 145 Å². The molecule has 0 spiro atoms.